The van der Waals surface area contributed by atoms with Crippen molar-refractivity contribution in [3.05, 3.63) is 0 Å². The second-order valence-corrected chi connectivity index (χ2v) is 3.17. The van der Waals surface area contributed by atoms with E-state index < -0.39 is 5.97 Å². The number of rotatable bonds is 3. The van der Waals surface area contributed by atoms with Crippen LogP contribution >= 0.6 is 0 Å². The van der Waals surface area contributed by atoms with Crippen molar-refractivity contribution in [2.24, 2.45) is 5.73 Å². The predicted octanol–water partition coefficient (Wildman–Crippen LogP) is 0.357. The maximum absolute atomic E-state index is 10.3. The van der Waals surface area contributed by atoms with Gasteiger partial charge in [0, 0.05) is 12.6 Å². The number of carboxylic acids is 1. The van der Waals surface area contributed by atoms with Gasteiger partial charge in [-0.3, -0.25) is 4.79 Å². The molecule has 0 bridgehead atoms. The minimum atomic E-state index is -0.850. The molecule has 1 rings (SSSR count). The monoisotopic (exact) mass is 173 g/mol. The molecule has 0 saturated carbocycles. The highest BCUT2D eigenvalue weighted by atomic mass is 16.5. The van der Waals surface area contributed by atoms with E-state index in [2.05, 4.69) is 0 Å². The first-order chi connectivity index (χ1) is 5.70. The molecular formula is C8H15NO3. The molecule has 0 aliphatic carbocycles. The Morgan fingerprint density at radius 1 is 1.67 bits per heavy atom. The summed E-state index contributed by atoms with van der Waals surface area (Å²) in [6.45, 7) is 0.720. The molecular weight excluding hydrogens is 158 g/mol. The Balaban J connectivity index is 2.29. The minimum Gasteiger partial charge on any atom is -0.481 e. The molecule has 2 atom stereocenters. The van der Waals surface area contributed by atoms with Crippen LogP contribution in [-0.4, -0.2) is 29.8 Å². The first kappa shape index (κ1) is 9.48. The van der Waals surface area contributed by atoms with Gasteiger partial charge in [-0.25, -0.2) is 0 Å². The highest BCUT2D eigenvalue weighted by Gasteiger charge is 2.22. The van der Waals surface area contributed by atoms with Gasteiger partial charge in [0.2, 0.25) is 0 Å². The van der Waals surface area contributed by atoms with Gasteiger partial charge in [0.15, 0.2) is 0 Å². The van der Waals surface area contributed by atoms with Gasteiger partial charge >= 0.3 is 5.97 Å². The molecule has 1 aliphatic heterocycles. The Morgan fingerprint density at radius 2 is 2.42 bits per heavy atom. The second-order valence-electron chi connectivity index (χ2n) is 3.17. The summed E-state index contributed by atoms with van der Waals surface area (Å²) in [5.74, 6) is -0.850. The highest BCUT2D eigenvalue weighted by molar-refractivity contribution is 5.67. The standard InChI is InChI=1S/C8H15NO3/c9-6(5-8(10)11)7-3-1-2-4-12-7/h6-7H,1-5,9H2,(H,10,11). The van der Waals surface area contributed by atoms with Crippen LogP contribution in [0.3, 0.4) is 0 Å². The third kappa shape index (κ3) is 2.79. The molecule has 4 nitrogen and oxygen atoms in total. The molecule has 70 valence electrons. The fourth-order valence-electron chi connectivity index (χ4n) is 1.44. The van der Waals surface area contributed by atoms with Gasteiger partial charge in [-0.15, -0.1) is 0 Å². The van der Waals surface area contributed by atoms with E-state index in [0.29, 0.717) is 0 Å². The van der Waals surface area contributed by atoms with Gasteiger partial charge < -0.3 is 15.6 Å². The van der Waals surface area contributed by atoms with Crippen LogP contribution in [0.15, 0.2) is 0 Å². The fraction of sp³-hybridized carbons (Fsp3) is 0.875. The number of carboxylic acid groups (broad SMARTS) is 1. The van der Waals surface area contributed by atoms with E-state index in [0.717, 1.165) is 25.9 Å². The molecule has 3 N–H and O–H groups in total. The lowest BCUT2D eigenvalue weighted by molar-refractivity contribution is -0.138. The number of carbonyl (C=O) groups is 1. The van der Waals surface area contributed by atoms with E-state index in [9.17, 15) is 4.79 Å². The number of nitrogens with two attached hydrogens (primary N) is 1. The van der Waals surface area contributed by atoms with Crippen molar-refractivity contribution in [1.29, 1.82) is 0 Å². The summed E-state index contributed by atoms with van der Waals surface area (Å²) in [5.41, 5.74) is 5.64. The maximum atomic E-state index is 10.3. The first-order valence-corrected chi connectivity index (χ1v) is 4.29. The molecule has 4 heteroatoms. The van der Waals surface area contributed by atoms with E-state index in [-0.39, 0.29) is 18.6 Å². The Labute approximate surface area is 71.7 Å². The van der Waals surface area contributed by atoms with Crippen molar-refractivity contribution < 1.29 is 14.6 Å². The Bertz CT molecular complexity index is 154. The summed E-state index contributed by atoms with van der Waals surface area (Å²) in [7, 11) is 0. The smallest absolute Gasteiger partial charge is 0.305 e. The van der Waals surface area contributed by atoms with E-state index in [1.807, 2.05) is 0 Å². The zero-order chi connectivity index (χ0) is 8.97. The molecule has 1 saturated heterocycles. The molecule has 0 aromatic rings. The molecule has 0 amide bonds. The Morgan fingerprint density at radius 3 is 2.92 bits per heavy atom. The lowest BCUT2D eigenvalue weighted by atomic mass is 10.0. The topological polar surface area (TPSA) is 72.6 Å². The molecule has 0 radical (unpaired) electrons. The van der Waals surface area contributed by atoms with Gasteiger partial charge in [-0.05, 0) is 19.3 Å². The minimum absolute atomic E-state index is 0.00463. The summed E-state index contributed by atoms with van der Waals surface area (Å²) < 4.78 is 5.35. The second kappa shape index (κ2) is 4.42. The van der Waals surface area contributed by atoms with E-state index in [1.165, 1.54) is 0 Å². The van der Waals surface area contributed by atoms with E-state index in [4.69, 9.17) is 15.6 Å². The number of hydrogen-bond donors (Lipinski definition) is 2. The normalized spacial score (nSPS) is 26.6. The van der Waals surface area contributed by atoms with Crippen molar-refractivity contribution in [2.45, 2.75) is 37.8 Å². The van der Waals surface area contributed by atoms with Crippen LogP contribution in [-0.2, 0) is 9.53 Å². The van der Waals surface area contributed by atoms with Gasteiger partial charge in [-0.2, -0.15) is 0 Å². The predicted molar refractivity (Wildman–Crippen MR) is 43.8 cm³/mol. The average molecular weight is 173 g/mol. The lowest BCUT2D eigenvalue weighted by Gasteiger charge is -2.26. The molecule has 0 aromatic carbocycles. The van der Waals surface area contributed by atoms with Crippen LogP contribution < -0.4 is 5.73 Å². The summed E-state index contributed by atoms with van der Waals surface area (Å²) in [6.07, 6.45) is 3.02. The summed E-state index contributed by atoms with van der Waals surface area (Å²) >= 11 is 0. The largest absolute Gasteiger partial charge is 0.481 e. The van der Waals surface area contributed by atoms with Gasteiger partial charge in [0.1, 0.15) is 0 Å². The van der Waals surface area contributed by atoms with Gasteiger partial charge in [0.25, 0.3) is 0 Å². The van der Waals surface area contributed by atoms with Crippen molar-refractivity contribution >= 4 is 5.97 Å². The van der Waals surface area contributed by atoms with Crippen molar-refractivity contribution in [2.75, 3.05) is 6.61 Å². The third-order valence-electron chi connectivity index (χ3n) is 2.10. The number of aliphatic carboxylic acids is 1. The zero-order valence-electron chi connectivity index (χ0n) is 7.03. The Kier molecular flexibility index (Phi) is 3.49. The van der Waals surface area contributed by atoms with E-state index >= 15 is 0 Å². The van der Waals surface area contributed by atoms with Crippen LogP contribution in [0.2, 0.25) is 0 Å². The van der Waals surface area contributed by atoms with Gasteiger partial charge in [-0.1, -0.05) is 0 Å². The van der Waals surface area contributed by atoms with Crippen LogP contribution in [0.1, 0.15) is 25.7 Å². The molecule has 1 heterocycles. The molecule has 0 spiro atoms. The van der Waals surface area contributed by atoms with Crippen molar-refractivity contribution in [1.82, 2.24) is 0 Å². The summed E-state index contributed by atoms with van der Waals surface area (Å²) in [5, 5.41) is 8.48. The van der Waals surface area contributed by atoms with Crippen LogP contribution in [0, 0.1) is 0 Å². The zero-order valence-corrected chi connectivity index (χ0v) is 7.03. The van der Waals surface area contributed by atoms with Gasteiger partial charge in [0.05, 0.1) is 12.5 Å². The highest BCUT2D eigenvalue weighted by Crippen LogP contribution is 2.16. The van der Waals surface area contributed by atoms with Crippen LogP contribution in [0.4, 0.5) is 0 Å². The Hall–Kier alpha value is -0.610. The summed E-state index contributed by atoms with van der Waals surface area (Å²) in [4.78, 5) is 10.3. The SMILES string of the molecule is NC(CC(=O)O)C1CCCCO1. The molecule has 1 fully saturated rings. The molecule has 12 heavy (non-hydrogen) atoms. The lowest BCUT2D eigenvalue weighted by Crippen LogP contribution is -2.40. The van der Waals surface area contributed by atoms with Crippen molar-refractivity contribution in [3.63, 3.8) is 0 Å². The molecule has 2 unspecified atom stereocenters. The van der Waals surface area contributed by atoms with Crippen molar-refractivity contribution in [3.8, 4) is 0 Å². The summed E-state index contributed by atoms with van der Waals surface area (Å²) in [6, 6.07) is -0.345. The fourth-order valence-corrected chi connectivity index (χ4v) is 1.44. The maximum Gasteiger partial charge on any atom is 0.305 e. The number of ether oxygens (including phenoxy) is 1. The van der Waals surface area contributed by atoms with Crippen LogP contribution in [0.5, 0.6) is 0 Å². The van der Waals surface area contributed by atoms with Crippen LogP contribution in [0.25, 0.3) is 0 Å². The average Bonchev–Trinajstić information content (AvgIpc) is 2.05. The quantitative estimate of drug-likeness (QED) is 0.646. The number of hydrogen-bond acceptors (Lipinski definition) is 3. The first-order valence-electron chi connectivity index (χ1n) is 4.29. The molecule has 1 aliphatic rings. The molecule has 0 aromatic heterocycles. The van der Waals surface area contributed by atoms with E-state index in [1.54, 1.807) is 0 Å². The third-order valence-corrected chi connectivity index (χ3v) is 2.10.